The number of aliphatic carboxylic acids is 1. The molecule has 3 heterocycles. The Bertz CT molecular complexity index is 964. The van der Waals surface area contributed by atoms with E-state index in [4.69, 9.17) is 9.47 Å². The van der Waals surface area contributed by atoms with Crippen molar-refractivity contribution in [3.05, 3.63) is 46.2 Å². The van der Waals surface area contributed by atoms with Gasteiger partial charge in [0.25, 0.3) is 0 Å². The SMILES string of the molecule is O=C(O)C[C@H](NC(=O)N[C@H]1CCCN(Cc2cccs2)C1=O)c1ccc2c(c1)OCO2. The van der Waals surface area contributed by atoms with Gasteiger partial charge in [-0.2, -0.15) is 0 Å². The molecule has 1 aromatic heterocycles. The Morgan fingerprint density at radius 2 is 2.10 bits per heavy atom. The lowest BCUT2D eigenvalue weighted by Crippen LogP contribution is -2.54. The number of carboxylic acids is 1. The van der Waals surface area contributed by atoms with Gasteiger partial charge in [-0.05, 0) is 42.0 Å². The van der Waals surface area contributed by atoms with Crippen molar-refractivity contribution in [2.45, 2.75) is 37.9 Å². The van der Waals surface area contributed by atoms with Crippen molar-refractivity contribution >= 4 is 29.2 Å². The Hall–Kier alpha value is -3.27. The monoisotopic (exact) mass is 445 g/mol. The van der Waals surface area contributed by atoms with Crippen molar-refractivity contribution in [3.63, 3.8) is 0 Å². The molecule has 2 atom stereocenters. The number of ether oxygens (including phenoxy) is 2. The largest absolute Gasteiger partial charge is 0.481 e. The minimum Gasteiger partial charge on any atom is -0.481 e. The summed E-state index contributed by atoms with van der Waals surface area (Å²) in [4.78, 5) is 39.6. The Morgan fingerprint density at radius 1 is 1.26 bits per heavy atom. The van der Waals surface area contributed by atoms with Gasteiger partial charge in [0.15, 0.2) is 11.5 Å². The van der Waals surface area contributed by atoms with Crippen LogP contribution in [0.3, 0.4) is 0 Å². The zero-order valence-electron chi connectivity index (χ0n) is 16.7. The van der Waals surface area contributed by atoms with Crippen LogP contribution in [-0.4, -0.2) is 47.3 Å². The Labute approximate surface area is 182 Å². The van der Waals surface area contributed by atoms with Crippen molar-refractivity contribution in [3.8, 4) is 11.5 Å². The van der Waals surface area contributed by atoms with Crippen LogP contribution >= 0.6 is 11.3 Å². The number of thiophene rings is 1. The molecule has 0 aliphatic carbocycles. The van der Waals surface area contributed by atoms with E-state index < -0.39 is 24.1 Å². The van der Waals surface area contributed by atoms with Gasteiger partial charge in [0.1, 0.15) is 6.04 Å². The second-order valence-corrected chi connectivity index (χ2v) is 8.45. The molecule has 2 aliphatic rings. The number of urea groups is 1. The lowest BCUT2D eigenvalue weighted by Gasteiger charge is -2.32. The first-order chi connectivity index (χ1) is 15.0. The number of amides is 3. The molecule has 0 spiro atoms. The fraction of sp³-hybridized carbons (Fsp3) is 0.381. The molecule has 3 amide bonds. The number of benzene rings is 1. The van der Waals surface area contributed by atoms with E-state index in [1.54, 1.807) is 34.4 Å². The van der Waals surface area contributed by atoms with Gasteiger partial charge < -0.3 is 30.1 Å². The van der Waals surface area contributed by atoms with Gasteiger partial charge in [0.05, 0.1) is 19.0 Å². The van der Waals surface area contributed by atoms with Crippen LogP contribution < -0.4 is 20.1 Å². The number of carboxylic acid groups (broad SMARTS) is 1. The van der Waals surface area contributed by atoms with E-state index >= 15 is 0 Å². The van der Waals surface area contributed by atoms with Crippen molar-refractivity contribution in [1.82, 2.24) is 15.5 Å². The van der Waals surface area contributed by atoms with E-state index in [2.05, 4.69) is 10.6 Å². The highest BCUT2D eigenvalue weighted by Gasteiger charge is 2.31. The highest BCUT2D eigenvalue weighted by atomic mass is 32.1. The number of piperidine rings is 1. The van der Waals surface area contributed by atoms with Gasteiger partial charge >= 0.3 is 12.0 Å². The normalized spacial score (nSPS) is 18.5. The Morgan fingerprint density at radius 3 is 2.87 bits per heavy atom. The van der Waals surface area contributed by atoms with E-state index in [0.29, 0.717) is 36.6 Å². The van der Waals surface area contributed by atoms with Crippen LogP contribution in [0.5, 0.6) is 11.5 Å². The second-order valence-electron chi connectivity index (χ2n) is 7.41. The number of hydrogen-bond acceptors (Lipinski definition) is 6. The molecule has 31 heavy (non-hydrogen) atoms. The maximum Gasteiger partial charge on any atom is 0.315 e. The highest BCUT2D eigenvalue weighted by molar-refractivity contribution is 7.09. The summed E-state index contributed by atoms with van der Waals surface area (Å²) in [6, 6.07) is 6.93. The summed E-state index contributed by atoms with van der Waals surface area (Å²) in [6.07, 6.45) is 1.01. The zero-order chi connectivity index (χ0) is 21.8. The van der Waals surface area contributed by atoms with Gasteiger partial charge in [0, 0.05) is 11.4 Å². The van der Waals surface area contributed by atoms with Gasteiger partial charge in [-0.25, -0.2) is 4.79 Å². The van der Waals surface area contributed by atoms with E-state index in [0.717, 1.165) is 11.3 Å². The van der Waals surface area contributed by atoms with Crippen LogP contribution in [-0.2, 0) is 16.1 Å². The Kier molecular flexibility index (Phi) is 6.26. The molecular formula is C21H23N3O6S. The summed E-state index contributed by atoms with van der Waals surface area (Å²) in [7, 11) is 0. The lowest BCUT2D eigenvalue weighted by molar-refractivity contribution is -0.138. The number of carbonyl (C=O) groups is 3. The molecule has 0 radical (unpaired) electrons. The average molecular weight is 445 g/mol. The molecule has 3 N–H and O–H groups in total. The minimum absolute atomic E-state index is 0.0993. The summed E-state index contributed by atoms with van der Waals surface area (Å²) in [5.74, 6) is -0.116. The van der Waals surface area contributed by atoms with Crippen molar-refractivity contribution in [1.29, 1.82) is 0 Å². The first-order valence-electron chi connectivity index (χ1n) is 9.99. The number of fused-ring (bicyclic) bond motifs is 1. The van der Waals surface area contributed by atoms with Crippen LogP contribution in [0, 0.1) is 0 Å². The quantitative estimate of drug-likeness (QED) is 0.603. The molecular weight excluding hydrogens is 422 g/mol. The van der Waals surface area contributed by atoms with Gasteiger partial charge in [-0.3, -0.25) is 9.59 Å². The fourth-order valence-corrected chi connectivity index (χ4v) is 4.46. The molecule has 1 aromatic carbocycles. The van der Waals surface area contributed by atoms with Crippen LogP contribution in [0.25, 0.3) is 0 Å². The predicted molar refractivity (Wildman–Crippen MR) is 112 cm³/mol. The lowest BCUT2D eigenvalue weighted by atomic mass is 10.0. The van der Waals surface area contributed by atoms with Crippen molar-refractivity contribution < 1.29 is 29.0 Å². The number of rotatable bonds is 7. The van der Waals surface area contributed by atoms with E-state index in [1.165, 1.54) is 0 Å². The van der Waals surface area contributed by atoms with Crippen LogP contribution in [0.1, 0.15) is 35.7 Å². The van der Waals surface area contributed by atoms with Crippen LogP contribution in [0.2, 0.25) is 0 Å². The second kappa shape index (κ2) is 9.25. The summed E-state index contributed by atoms with van der Waals surface area (Å²) in [5.41, 5.74) is 0.580. The number of hydrogen-bond donors (Lipinski definition) is 3. The predicted octanol–water partition coefficient (Wildman–Crippen LogP) is 2.48. The standard InChI is InChI=1S/C21H23N3O6S/c25-19(26)10-16(13-5-6-17-18(9-13)30-12-29-17)23-21(28)22-15-4-1-7-24(20(15)27)11-14-3-2-8-31-14/h2-3,5-6,8-9,15-16H,1,4,7,10-12H2,(H,25,26)(H2,22,23,28)/t15-,16-/m0/s1. The topological polar surface area (TPSA) is 117 Å². The molecule has 2 aromatic rings. The average Bonchev–Trinajstić information content (AvgIpc) is 3.41. The molecule has 0 bridgehead atoms. The molecule has 9 nitrogen and oxygen atoms in total. The number of nitrogens with zero attached hydrogens (tertiary/aromatic N) is 1. The molecule has 164 valence electrons. The zero-order valence-corrected chi connectivity index (χ0v) is 17.5. The summed E-state index contributed by atoms with van der Waals surface area (Å²) in [6.45, 7) is 1.27. The van der Waals surface area contributed by atoms with Gasteiger partial charge in [-0.15, -0.1) is 11.3 Å². The molecule has 4 rings (SSSR count). The molecule has 1 saturated heterocycles. The molecule has 2 aliphatic heterocycles. The molecule has 1 fully saturated rings. The minimum atomic E-state index is -1.06. The smallest absolute Gasteiger partial charge is 0.315 e. The van der Waals surface area contributed by atoms with E-state index in [-0.39, 0.29) is 19.1 Å². The summed E-state index contributed by atoms with van der Waals surface area (Å²) >= 11 is 1.59. The third kappa shape index (κ3) is 5.08. The third-order valence-corrected chi connectivity index (χ3v) is 6.11. The fourth-order valence-electron chi connectivity index (χ4n) is 3.74. The molecule has 0 saturated carbocycles. The maximum atomic E-state index is 12.8. The first kappa shape index (κ1) is 21.0. The molecule has 0 unspecified atom stereocenters. The highest BCUT2D eigenvalue weighted by Crippen LogP contribution is 2.34. The summed E-state index contributed by atoms with van der Waals surface area (Å²) in [5, 5.41) is 16.7. The van der Waals surface area contributed by atoms with E-state index in [1.807, 2.05) is 17.5 Å². The van der Waals surface area contributed by atoms with Gasteiger partial charge in [0.2, 0.25) is 12.7 Å². The van der Waals surface area contributed by atoms with Crippen LogP contribution in [0.15, 0.2) is 35.7 Å². The molecule has 10 heteroatoms. The third-order valence-electron chi connectivity index (χ3n) is 5.25. The van der Waals surface area contributed by atoms with Crippen molar-refractivity contribution in [2.75, 3.05) is 13.3 Å². The maximum absolute atomic E-state index is 12.8. The number of carbonyl (C=O) groups excluding carboxylic acids is 2. The first-order valence-corrected chi connectivity index (χ1v) is 10.9. The Balaban J connectivity index is 1.40. The number of nitrogens with one attached hydrogen (secondary N) is 2. The van der Waals surface area contributed by atoms with Crippen molar-refractivity contribution in [2.24, 2.45) is 0 Å². The summed E-state index contributed by atoms with van der Waals surface area (Å²) < 4.78 is 10.6. The van der Waals surface area contributed by atoms with E-state index in [9.17, 15) is 19.5 Å². The van der Waals surface area contributed by atoms with Gasteiger partial charge in [-0.1, -0.05) is 12.1 Å². The van der Waals surface area contributed by atoms with Crippen LogP contribution in [0.4, 0.5) is 4.79 Å². The number of likely N-dealkylation sites (tertiary alicyclic amines) is 1.